The van der Waals surface area contributed by atoms with Crippen LogP contribution in [0.5, 0.6) is 11.5 Å². The molecule has 24 heavy (non-hydrogen) atoms. The lowest BCUT2D eigenvalue weighted by molar-refractivity contribution is -0.115. The Hall–Kier alpha value is -3.01. The fourth-order valence-electron chi connectivity index (χ4n) is 2.86. The van der Waals surface area contributed by atoms with Crippen LogP contribution >= 0.6 is 0 Å². The summed E-state index contributed by atoms with van der Waals surface area (Å²) in [5.74, 6) is 1.39. The molecule has 0 bridgehead atoms. The van der Waals surface area contributed by atoms with Gasteiger partial charge in [0, 0.05) is 5.69 Å². The van der Waals surface area contributed by atoms with Gasteiger partial charge in [0.15, 0.2) is 11.5 Å². The number of anilines is 1. The third-order valence-corrected chi connectivity index (χ3v) is 4.00. The summed E-state index contributed by atoms with van der Waals surface area (Å²) in [5, 5.41) is 5.21. The monoisotopic (exact) mass is 319 g/mol. The standard InChI is InChI=1S/C20H17NO3/c22-20(12-14-5-8-18-19(11-14)24-10-9-23-18)21-17-7-6-15-3-1-2-4-16(15)13-17/h1-8,11,13H,9-10,12H2,(H,21,22). The van der Waals surface area contributed by atoms with Crippen molar-refractivity contribution < 1.29 is 14.3 Å². The van der Waals surface area contributed by atoms with E-state index in [-0.39, 0.29) is 5.91 Å². The maximum absolute atomic E-state index is 12.3. The topological polar surface area (TPSA) is 47.6 Å². The zero-order valence-electron chi connectivity index (χ0n) is 13.1. The molecular weight excluding hydrogens is 302 g/mol. The summed E-state index contributed by atoms with van der Waals surface area (Å²) in [6.45, 7) is 1.11. The molecular formula is C20H17NO3. The van der Waals surface area contributed by atoms with E-state index in [9.17, 15) is 4.79 Å². The average molecular weight is 319 g/mol. The van der Waals surface area contributed by atoms with E-state index in [1.54, 1.807) is 0 Å². The van der Waals surface area contributed by atoms with E-state index in [0.717, 1.165) is 27.8 Å². The molecule has 0 spiro atoms. The molecule has 1 heterocycles. The highest BCUT2D eigenvalue weighted by Crippen LogP contribution is 2.31. The second-order valence-corrected chi connectivity index (χ2v) is 5.76. The van der Waals surface area contributed by atoms with E-state index in [1.165, 1.54) is 0 Å². The van der Waals surface area contributed by atoms with Gasteiger partial charge in [-0.15, -0.1) is 0 Å². The van der Waals surface area contributed by atoms with Crippen LogP contribution < -0.4 is 14.8 Å². The predicted molar refractivity (Wildman–Crippen MR) is 93.7 cm³/mol. The fraction of sp³-hybridized carbons (Fsp3) is 0.150. The van der Waals surface area contributed by atoms with Crippen LogP contribution in [0, 0.1) is 0 Å². The molecule has 0 saturated heterocycles. The average Bonchev–Trinajstić information content (AvgIpc) is 2.61. The van der Waals surface area contributed by atoms with Crippen molar-refractivity contribution in [3.8, 4) is 11.5 Å². The summed E-state index contributed by atoms with van der Waals surface area (Å²) >= 11 is 0. The number of nitrogens with one attached hydrogen (secondary N) is 1. The molecule has 3 aromatic carbocycles. The van der Waals surface area contributed by atoms with Crippen molar-refractivity contribution >= 4 is 22.4 Å². The zero-order valence-corrected chi connectivity index (χ0v) is 13.1. The summed E-state index contributed by atoms with van der Waals surface area (Å²) < 4.78 is 11.0. The lowest BCUT2D eigenvalue weighted by atomic mass is 10.1. The highest BCUT2D eigenvalue weighted by Gasteiger charge is 2.13. The Balaban J connectivity index is 1.47. The van der Waals surface area contributed by atoms with Crippen LogP contribution in [0.25, 0.3) is 10.8 Å². The fourth-order valence-corrected chi connectivity index (χ4v) is 2.86. The van der Waals surface area contributed by atoms with Gasteiger partial charge in [0.05, 0.1) is 6.42 Å². The van der Waals surface area contributed by atoms with Crippen LogP contribution in [0.3, 0.4) is 0 Å². The first-order valence-corrected chi connectivity index (χ1v) is 7.95. The van der Waals surface area contributed by atoms with Crippen molar-refractivity contribution in [2.24, 2.45) is 0 Å². The first-order chi connectivity index (χ1) is 11.8. The van der Waals surface area contributed by atoms with Gasteiger partial charge < -0.3 is 14.8 Å². The largest absolute Gasteiger partial charge is 0.486 e. The minimum Gasteiger partial charge on any atom is -0.486 e. The third-order valence-electron chi connectivity index (χ3n) is 4.00. The van der Waals surface area contributed by atoms with Gasteiger partial charge in [-0.05, 0) is 40.6 Å². The predicted octanol–water partition coefficient (Wildman–Crippen LogP) is 3.79. The minimum absolute atomic E-state index is 0.0537. The summed E-state index contributed by atoms with van der Waals surface area (Å²) in [4.78, 5) is 12.3. The molecule has 1 aliphatic rings. The van der Waals surface area contributed by atoms with Gasteiger partial charge in [-0.2, -0.15) is 0 Å². The highest BCUT2D eigenvalue weighted by molar-refractivity contribution is 5.95. The van der Waals surface area contributed by atoms with Crippen LogP contribution in [0.2, 0.25) is 0 Å². The van der Waals surface area contributed by atoms with Crippen LogP contribution in [-0.4, -0.2) is 19.1 Å². The Morgan fingerprint density at radius 2 is 1.67 bits per heavy atom. The van der Waals surface area contributed by atoms with Crippen molar-refractivity contribution in [2.45, 2.75) is 6.42 Å². The Morgan fingerprint density at radius 3 is 2.54 bits per heavy atom. The first kappa shape index (κ1) is 14.6. The molecule has 1 aliphatic heterocycles. The molecule has 3 aromatic rings. The lowest BCUT2D eigenvalue weighted by Crippen LogP contribution is -2.17. The maximum Gasteiger partial charge on any atom is 0.228 e. The molecule has 0 radical (unpaired) electrons. The van der Waals surface area contributed by atoms with Gasteiger partial charge >= 0.3 is 0 Å². The SMILES string of the molecule is O=C(Cc1ccc2c(c1)OCCO2)Nc1ccc2ccccc2c1. The second kappa shape index (κ2) is 6.24. The van der Waals surface area contributed by atoms with Crippen molar-refractivity contribution in [3.05, 3.63) is 66.2 Å². The van der Waals surface area contributed by atoms with Crippen molar-refractivity contribution in [1.82, 2.24) is 0 Å². The van der Waals surface area contributed by atoms with Gasteiger partial charge in [-0.3, -0.25) is 4.79 Å². The maximum atomic E-state index is 12.3. The summed E-state index contributed by atoms with van der Waals surface area (Å²) in [7, 11) is 0. The van der Waals surface area contributed by atoms with Gasteiger partial charge in [0.25, 0.3) is 0 Å². The molecule has 0 saturated carbocycles. The number of amides is 1. The van der Waals surface area contributed by atoms with E-state index >= 15 is 0 Å². The number of rotatable bonds is 3. The number of hydrogen-bond donors (Lipinski definition) is 1. The van der Waals surface area contributed by atoms with E-state index in [2.05, 4.69) is 11.4 Å². The Bertz CT molecular complexity index is 904. The Morgan fingerprint density at radius 1 is 0.875 bits per heavy atom. The van der Waals surface area contributed by atoms with E-state index in [1.807, 2.05) is 54.6 Å². The minimum atomic E-state index is -0.0537. The van der Waals surface area contributed by atoms with E-state index in [0.29, 0.717) is 25.4 Å². The highest BCUT2D eigenvalue weighted by atomic mass is 16.6. The molecule has 0 aliphatic carbocycles. The molecule has 4 rings (SSSR count). The van der Waals surface area contributed by atoms with Crippen molar-refractivity contribution in [3.63, 3.8) is 0 Å². The summed E-state index contributed by atoms with van der Waals surface area (Å²) in [5.41, 5.74) is 1.70. The molecule has 1 N–H and O–H groups in total. The smallest absolute Gasteiger partial charge is 0.228 e. The van der Waals surface area contributed by atoms with Crippen molar-refractivity contribution in [2.75, 3.05) is 18.5 Å². The molecule has 1 amide bonds. The first-order valence-electron chi connectivity index (χ1n) is 7.95. The Labute approximate surface area is 140 Å². The molecule has 4 nitrogen and oxygen atoms in total. The quantitative estimate of drug-likeness (QED) is 0.799. The number of fused-ring (bicyclic) bond motifs is 2. The molecule has 0 fully saturated rings. The third kappa shape index (κ3) is 3.04. The van der Waals surface area contributed by atoms with E-state index in [4.69, 9.17) is 9.47 Å². The van der Waals surface area contributed by atoms with Crippen LogP contribution in [0.4, 0.5) is 5.69 Å². The molecule has 0 unspecified atom stereocenters. The van der Waals surface area contributed by atoms with Gasteiger partial charge in [0.2, 0.25) is 5.91 Å². The van der Waals surface area contributed by atoms with Crippen molar-refractivity contribution in [1.29, 1.82) is 0 Å². The number of carbonyl (C=O) groups is 1. The molecule has 120 valence electrons. The number of benzene rings is 3. The van der Waals surface area contributed by atoms with E-state index < -0.39 is 0 Å². The lowest BCUT2D eigenvalue weighted by Gasteiger charge is -2.18. The van der Waals surface area contributed by atoms with Gasteiger partial charge in [0.1, 0.15) is 13.2 Å². The molecule has 0 aromatic heterocycles. The summed E-state index contributed by atoms with van der Waals surface area (Å²) in [6, 6.07) is 19.6. The van der Waals surface area contributed by atoms with Crippen LogP contribution in [0.1, 0.15) is 5.56 Å². The molecule has 4 heteroatoms. The summed E-state index contributed by atoms with van der Waals surface area (Å²) in [6.07, 6.45) is 0.295. The van der Waals surface area contributed by atoms with Gasteiger partial charge in [-0.25, -0.2) is 0 Å². The second-order valence-electron chi connectivity index (χ2n) is 5.76. The van der Waals surface area contributed by atoms with Crippen LogP contribution in [-0.2, 0) is 11.2 Å². The number of hydrogen-bond acceptors (Lipinski definition) is 3. The van der Waals surface area contributed by atoms with Crippen LogP contribution in [0.15, 0.2) is 60.7 Å². The van der Waals surface area contributed by atoms with Gasteiger partial charge in [-0.1, -0.05) is 36.4 Å². The zero-order chi connectivity index (χ0) is 16.4. The number of carbonyl (C=O) groups excluding carboxylic acids is 1. The normalized spacial score (nSPS) is 12.8. The number of ether oxygens (including phenoxy) is 2. The Kier molecular flexibility index (Phi) is 3.79. The molecule has 0 atom stereocenters.